The van der Waals surface area contributed by atoms with E-state index in [0.717, 1.165) is 11.1 Å². The number of hydrogen-bond donors (Lipinski definition) is 1. The zero-order valence-corrected chi connectivity index (χ0v) is 18.9. The van der Waals surface area contributed by atoms with Gasteiger partial charge in [-0.05, 0) is 29.7 Å². The number of amides is 1. The molecule has 0 radical (unpaired) electrons. The molecule has 0 spiro atoms. The quantitative estimate of drug-likeness (QED) is 0.280. The monoisotopic (exact) mass is 480 g/mol. The predicted octanol–water partition coefficient (Wildman–Crippen LogP) is 3.72. The minimum atomic E-state index is -0.524. The maximum absolute atomic E-state index is 13.0. The number of nitrogens with zero attached hydrogens (tertiary/aromatic N) is 5. The van der Waals surface area contributed by atoms with Gasteiger partial charge in [-0.1, -0.05) is 60.7 Å². The number of aromatic nitrogens is 4. The second-order valence-electron chi connectivity index (χ2n) is 8.08. The van der Waals surface area contributed by atoms with E-state index in [1.165, 1.54) is 33.9 Å². The van der Waals surface area contributed by atoms with Crippen LogP contribution >= 0.6 is 0 Å². The van der Waals surface area contributed by atoms with Crippen molar-refractivity contribution in [1.29, 1.82) is 0 Å². The highest BCUT2D eigenvalue weighted by molar-refractivity contribution is 5.91. The first-order chi connectivity index (χ1) is 17.5. The summed E-state index contributed by atoms with van der Waals surface area (Å²) in [5.74, 6) is -0.384. The van der Waals surface area contributed by atoms with Crippen LogP contribution in [-0.2, 0) is 17.8 Å². The SMILES string of the molecule is O=C(Cn1cnc2c(cnn2-c2ccccc2[N+](=O)[O-])c1=O)Nc1ccccc1Cc1ccccc1. The fraction of sp³-hybridized carbons (Fsp3) is 0.0769. The van der Waals surface area contributed by atoms with Crippen molar-refractivity contribution >= 4 is 28.3 Å². The number of rotatable bonds is 7. The third kappa shape index (κ3) is 4.47. The molecule has 2 aromatic heterocycles. The standard InChI is InChI=1S/C26H20N6O4/c33-24(29-21-11-5-4-10-19(21)14-18-8-2-1-3-9-18)16-30-17-27-25-20(26(30)34)15-28-31(25)22-12-6-7-13-23(22)32(35)36/h1-13,15,17H,14,16H2,(H,29,33). The molecule has 0 unspecified atom stereocenters. The zero-order valence-electron chi connectivity index (χ0n) is 18.9. The van der Waals surface area contributed by atoms with Gasteiger partial charge in [0.25, 0.3) is 11.2 Å². The Kier molecular flexibility index (Phi) is 6.06. The lowest BCUT2D eigenvalue weighted by Crippen LogP contribution is -2.28. The summed E-state index contributed by atoms with van der Waals surface area (Å²) in [6.45, 7) is -0.252. The first-order valence-corrected chi connectivity index (χ1v) is 11.1. The highest BCUT2D eigenvalue weighted by Crippen LogP contribution is 2.24. The molecule has 10 heteroatoms. The molecular formula is C26H20N6O4. The molecule has 0 aliphatic rings. The normalized spacial score (nSPS) is 10.9. The minimum absolute atomic E-state index is 0.146. The van der Waals surface area contributed by atoms with Crippen molar-refractivity contribution in [2.45, 2.75) is 13.0 Å². The third-order valence-corrected chi connectivity index (χ3v) is 5.70. The summed E-state index contributed by atoms with van der Waals surface area (Å²) < 4.78 is 2.43. The topological polar surface area (TPSA) is 125 Å². The molecule has 3 aromatic carbocycles. The Morgan fingerprint density at radius 3 is 2.50 bits per heavy atom. The number of nitrogens with one attached hydrogen (secondary N) is 1. The van der Waals surface area contributed by atoms with Crippen LogP contribution < -0.4 is 10.9 Å². The smallest absolute Gasteiger partial charge is 0.294 e. The molecule has 178 valence electrons. The maximum atomic E-state index is 13.0. The second kappa shape index (κ2) is 9.63. The largest absolute Gasteiger partial charge is 0.324 e. The van der Waals surface area contributed by atoms with Gasteiger partial charge in [0.15, 0.2) is 5.65 Å². The van der Waals surface area contributed by atoms with Crippen LogP contribution in [0.3, 0.4) is 0 Å². The molecular weight excluding hydrogens is 460 g/mol. The molecule has 0 aliphatic heterocycles. The Labute approximate surface area is 204 Å². The van der Waals surface area contributed by atoms with Crippen LogP contribution in [0, 0.1) is 10.1 Å². The highest BCUT2D eigenvalue weighted by atomic mass is 16.6. The Morgan fingerprint density at radius 2 is 1.69 bits per heavy atom. The second-order valence-corrected chi connectivity index (χ2v) is 8.08. The molecule has 5 rings (SSSR count). The summed E-state index contributed by atoms with van der Waals surface area (Å²) >= 11 is 0. The van der Waals surface area contributed by atoms with Crippen LogP contribution in [0.2, 0.25) is 0 Å². The number of carbonyl (C=O) groups is 1. The maximum Gasteiger partial charge on any atom is 0.294 e. The summed E-state index contributed by atoms with van der Waals surface area (Å²) in [7, 11) is 0. The fourth-order valence-electron chi connectivity index (χ4n) is 3.99. The molecule has 0 saturated carbocycles. The fourth-order valence-corrected chi connectivity index (χ4v) is 3.99. The predicted molar refractivity (Wildman–Crippen MR) is 134 cm³/mol. The van der Waals surface area contributed by atoms with Crippen molar-refractivity contribution < 1.29 is 9.72 Å². The van der Waals surface area contributed by atoms with Crippen LogP contribution in [0.1, 0.15) is 11.1 Å². The van der Waals surface area contributed by atoms with Crippen molar-refractivity contribution in [3.05, 3.63) is 123 Å². The van der Waals surface area contributed by atoms with Gasteiger partial charge in [-0.25, -0.2) is 9.67 Å². The lowest BCUT2D eigenvalue weighted by Gasteiger charge is -2.12. The molecule has 1 N–H and O–H groups in total. The number of carbonyl (C=O) groups excluding carboxylic acids is 1. The molecule has 1 amide bonds. The van der Waals surface area contributed by atoms with Gasteiger partial charge in [0, 0.05) is 11.8 Å². The Hall–Kier alpha value is -5.12. The molecule has 2 heterocycles. The molecule has 0 atom stereocenters. The van der Waals surface area contributed by atoms with Crippen LogP contribution in [0.5, 0.6) is 0 Å². The van der Waals surface area contributed by atoms with Gasteiger partial charge in [0.05, 0.1) is 11.1 Å². The lowest BCUT2D eigenvalue weighted by molar-refractivity contribution is -0.384. The van der Waals surface area contributed by atoms with Gasteiger partial charge in [-0.2, -0.15) is 5.10 Å². The first kappa shape index (κ1) is 22.7. The number of para-hydroxylation sites is 3. The van der Waals surface area contributed by atoms with Gasteiger partial charge in [0.1, 0.15) is 23.9 Å². The number of nitro benzene ring substituents is 1. The number of hydrogen-bond acceptors (Lipinski definition) is 6. The van der Waals surface area contributed by atoms with Gasteiger partial charge >= 0.3 is 0 Å². The summed E-state index contributed by atoms with van der Waals surface area (Å²) in [5.41, 5.74) is 2.44. The van der Waals surface area contributed by atoms with E-state index in [4.69, 9.17) is 0 Å². The molecule has 0 saturated heterocycles. The zero-order chi connectivity index (χ0) is 25.1. The van der Waals surface area contributed by atoms with E-state index in [2.05, 4.69) is 15.4 Å². The van der Waals surface area contributed by atoms with Crippen molar-refractivity contribution in [2.24, 2.45) is 0 Å². The van der Waals surface area contributed by atoms with E-state index in [1.807, 2.05) is 54.6 Å². The Bertz CT molecular complexity index is 1640. The van der Waals surface area contributed by atoms with Gasteiger partial charge in [-0.15, -0.1) is 0 Å². The van der Waals surface area contributed by atoms with E-state index in [1.54, 1.807) is 12.1 Å². The molecule has 0 fully saturated rings. The van der Waals surface area contributed by atoms with Crippen LogP contribution in [0.4, 0.5) is 11.4 Å². The summed E-state index contributed by atoms with van der Waals surface area (Å²) in [4.78, 5) is 41.0. The van der Waals surface area contributed by atoms with E-state index in [9.17, 15) is 19.7 Å². The van der Waals surface area contributed by atoms with E-state index < -0.39 is 10.5 Å². The first-order valence-electron chi connectivity index (χ1n) is 11.1. The summed E-state index contributed by atoms with van der Waals surface area (Å²) in [6, 6.07) is 23.5. The number of benzene rings is 3. The summed E-state index contributed by atoms with van der Waals surface area (Å²) in [6.07, 6.45) is 3.19. The minimum Gasteiger partial charge on any atom is -0.324 e. The van der Waals surface area contributed by atoms with E-state index in [0.29, 0.717) is 12.1 Å². The molecule has 0 bridgehead atoms. The summed E-state index contributed by atoms with van der Waals surface area (Å²) in [5, 5.41) is 18.6. The van der Waals surface area contributed by atoms with Crippen molar-refractivity contribution in [2.75, 3.05) is 5.32 Å². The van der Waals surface area contributed by atoms with Crippen LogP contribution in [0.15, 0.2) is 96.2 Å². The Balaban J connectivity index is 1.39. The van der Waals surface area contributed by atoms with Crippen molar-refractivity contribution in [3.63, 3.8) is 0 Å². The van der Waals surface area contributed by atoms with Crippen LogP contribution in [0.25, 0.3) is 16.7 Å². The molecule has 5 aromatic rings. The molecule has 10 nitrogen and oxygen atoms in total. The lowest BCUT2D eigenvalue weighted by atomic mass is 10.0. The van der Waals surface area contributed by atoms with Gasteiger partial charge < -0.3 is 5.32 Å². The van der Waals surface area contributed by atoms with E-state index >= 15 is 0 Å². The number of anilines is 1. The average molecular weight is 480 g/mol. The van der Waals surface area contributed by atoms with Crippen molar-refractivity contribution in [1.82, 2.24) is 19.3 Å². The average Bonchev–Trinajstić information content (AvgIpc) is 3.32. The van der Waals surface area contributed by atoms with Crippen LogP contribution in [-0.4, -0.2) is 30.2 Å². The van der Waals surface area contributed by atoms with Crippen molar-refractivity contribution in [3.8, 4) is 5.69 Å². The molecule has 0 aliphatic carbocycles. The third-order valence-electron chi connectivity index (χ3n) is 5.70. The van der Waals surface area contributed by atoms with Gasteiger partial charge in [-0.3, -0.25) is 24.3 Å². The Morgan fingerprint density at radius 1 is 0.972 bits per heavy atom. The number of nitro groups is 1. The van der Waals surface area contributed by atoms with E-state index in [-0.39, 0.29) is 34.9 Å². The highest BCUT2D eigenvalue weighted by Gasteiger charge is 2.19. The molecule has 36 heavy (non-hydrogen) atoms. The number of fused-ring (bicyclic) bond motifs is 1. The van der Waals surface area contributed by atoms with Gasteiger partial charge in [0.2, 0.25) is 5.91 Å².